The summed E-state index contributed by atoms with van der Waals surface area (Å²) in [5.74, 6) is -0.948. The molecule has 0 rings (SSSR count). The lowest BCUT2D eigenvalue weighted by Gasteiger charge is -2.28. The summed E-state index contributed by atoms with van der Waals surface area (Å²) in [4.78, 5) is 37.6. The Kier molecular flexibility index (Phi) is 42.5. The molecule has 64 heavy (non-hydrogen) atoms. The Morgan fingerprint density at radius 2 is 0.906 bits per heavy atom. The maximum atomic E-state index is 12.7. The van der Waals surface area contributed by atoms with Crippen molar-refractivity contribution in [3.63, 3.8) is 0 Å². The number of carbonyl (C=O) groups excluding carboxylic acids is 2. The van der Waals surface area contributed by atoms with E-state index in [4.69, 9.17) is 18.5 Å². The zero-order chi connectivity index (χ0) is 47.1. The Balaban J connectivity index is 4.47. The van der Waals surface area contributed by atoms with E-state index in [1.165, 1.54) is 51.4 Å². The van der Waals surface area contributed by atoms with Crippen LogP contribution in [0.2, 0.25) is 0 Å². The SMILES string of the molecule is CC/C=C/C/C=C/C/C=C/C/C=C/C/C=C/CCCCCC(=O)O[C@H](COC(=O)CCC/C=C/C/C=C/C/C=C/C/C=C/CCCCCCCCC)COP(=O)([O-])OCC[N+](C)(C)C. The van der Waals surface area contributed by atoms with Crippen molar-refractivity contribution in [2.24, 2.45) is 0 Å². The summed E-state index contributed by atoms with van der Waals surface area (Å²) in [5.41, 5.74) is 0. The van der Waals surface area contributed by atoms with Gasteiger partial charge in [-0.15, -0.1) is 0 Å². The molecule has 0 aromatic carbocycles. The molecule has 10 heteroatoms. The molecule has 2 atom stereocenters. The third-order valence-electron chi connectivity index (χ3n) is 9.78. The van der Waals surface area contributed by atoms with Gasteiger partial charge in [-0.3, -0.25) is 14.2 Å². The second kappa shape index (κ2) is 44.9. The van der Waals surface area contributed by atoms with Gasteiger partial charge in [-0.05, 0) is 96.3 Å². The van der Waals surface area contributed by atoms with Gasteiger partial charge in [0, 0.05) is 12.8 Å². The first kappa shape index (κ1) is 60.7. The molecular formula is C54H90NO8P. The number of phosphoric ester groups is 1. The number of rotatable bonds is 43. The molecule has 0 aromatic heterocycles. The van der Waals surface area contributed by atoms with Gasteiger partial charge >= 0.3 is 11.9 Å². The molecule has 0 aliphatic heterocycles. The lowest BCUT2D eigenvalue weighted by molar-refractivity contribution is -0.870. The third-order valence-corrected chi connectivity index (χ3v) is 10.7. The van der Waals surface area contributed by atoms with Crippen LogP contribution in [-0.2, 0) is 32.7 Å². The average molecular weight is 912 g/mol. The summed E-state index contributed by atoms with van der Waals surface area (Å²) in [6.07, 6.45) is 61.3. The third kappa shape index (κ3) is 48.1. The largest absolute Gasteiger partial charge is 0.756 e. The number of hydrogen-bond acceptors (Lipinski definition) is 8. The van der Waals surface area contributed by atoms with Crippen LogP contribution in [0.4, 0.5) is 0 Å². The molecule has 1 unspecified atom stereocenters. The molecule has 0 amide bonds. The number of likely N-dealkylation sites (N-methyl/N-ethyl adjacent to an activating group) is 1. The van der Waals surface area contributed by atoms with E-state index in [-0.39, 0.29) is 26.1 Å². The molecule has 0 heterocycles. The molecule has 0 saturated heterocycles. The molecule has 0 N–H and O–H groups in total. The highest BCUT2D eigenvalue weighted by molar-refractivity contribution is 7.45. The van der Waals surface area contributed by atoms with Gasteiger partial charge in [-0.1, -0.05) is 168 Å². The smallest absolute Gasteiger partial charge is 0.306 e. The highest BCUT2D eigenvalue weighted by Gasteiger charge is 2.21. The van der Waals surface area contributed by atoms with Gasteiger partial charge in [0.1, 0.15) is 19.8 Å². The van der Waals surface area contributed by atoms with E-state index >= 15 is 0 Å². The zero-order valence-corrected chi connectivity index (χ0v) is 41.8. The molecule has 0 saturated carbocycles. The first-order valence-corrected chi connectivity index (χ1v) is 26.1. The molecule has 0 aliphatic rings. The van der Waals surface area contributed by atoms with Crippen LogP contribution in [0.3, 0.4) is 0 Å². The average Bonchev–Trinajstić information content (AvgIpc) is 3.25. The number of nitrogens with zero attached hydrogens (tertiary/aromatic N) is 1. The molecule has 0 fully saturated rings. The summed E-state index contributed by atoms with van der Waals surface area (Å²) < 4.78 is 33.9. The highest BCUT2D eigenvalue weighted by Crippen LogP contribution is 2.38. The van der Waals surface area contributed by atoms with Crippen LogP contribution in [0.15, 0.2) is 109 Å². The van der Waals surface area contributed by atoms with Crippen molar-refractivity contribution in [2.75, 3.05) is 47.5 Å². The minimum Gasteiger partial charge on any atom is -0.756 e. The van der Waals surface area contributed by atoms with Gasteiger partial charge in [0.05, 0.1) is 27.7 Å². The summed E-state index contributed by atoms with van der Waals surface area (Å²) in [5, 5.41) is 0. The number of hydrogen-bond donors (Lipinski definition) is 0. The minimum atomic E-state index is -4.66. The van der Waals surface area contributed by atoms with Crippen LogP contribution in [0, 0.1) is 0 Å². The maximum Gasteiger partial charge on any atom is 0.306 e. The molecule has 0 radical (unpaired) electrons. The van der Waals surface area contributed by atoms with Crippen LogP contribution >= 0.6 is 7.82 Å². The first-order chi connectivity index (χ1) is 31.0. The van der Waals surface area contributed by atoms with Crippen LogP contribution in [-0.4, -0.2) is 70.0 Å². The normalized spacial score (nSPS) is 14.4. The Morgan fingerprint density at radius 1 is 0.500 bits per heavy atom. The van der Waals surface area contributed by atoms with E-state index < -0.39 is 32.5 Å². The number of phosphoric acid groups is 1. The van der Waals surface area contributed by atoms with Crippen LogP contribution in [0.5, 0.6) is 0 Å². The zero-order valence-electron chi connectivity index (χ0n) is 40.9. The number of ether oxygens (including phenoxy) is 2. The van der Waals surface area contributed by atoms with Gasteiger partial charge < -0.3 is 27.9 Å². The lowest BCUT2D eigenvalue weighted by Crippen LogP contribution is -2.37. The van der Waals surface area contributed by atoms with Crippen molar-refractivity contribution in [2.45, 2.75) is 174 Å². The van der Waals surface area contributed by atoms with E-state index in [0.29, 0.717) is 23.9 Å². The van der Waals surface area contributed by atoms with Gasteiger partial charge in [0.15, 0.2) is 6.10 Å². The number of carbonyl (C=O) groups is 2. The van der Waals surface area contributed by atoms with E-state index in [1.807, 2.05) is 21.1 Å². The molecule has 0 aromatic rings. The van der Waals surface area contributed by atoms with Crippen LogP contribution < -0.4 is 4.89 Å². The van der Waals surface area contributed by atoms with Gasteiger partial charge in [-0.2, -0.15) is 0 Å². The van der Waals surface area contributed by atoms with Crippen molar-refractivity contribution in [3.8, 4) is 0 Å². The van der Waals surface area contributed by atoms with E-state index in [9.17, 15) is 19.0 Å². The topological polar surface area (TPSA) is 111 Å². The summed E-state index contributed by atoms with van der Waals surface area (Å²) in [6.45, 7) is 3.99. The van der Waals surface area contributed by atoms with Crippen LogP contribution in [0.1, 0.15) is 168 Å². The van der Waals surface area contributed by atoms with E-state index in [2.05, 4.69) is 123 Å². The summed E-state index contributed by atoms with van der Waals surface area (Å²) in [6, 6.07) is 0. The predicted octanol–water partition coefficient (Wildman–Crippen LogP) is 14.1. The Hall–Kier alpha value is -3.33. The molecular weight excluding hydrogens is 822 g/mol. The first-order valence-electron chi connectivity index (χ1n) is 24.6. The van der Waals surface area contributed by atoms with Gasteiger partial charge in [0.25, 0.3) is 7.82 Å². The maximum absolute atomic E-state index is 12.7. The van der Waals surface area contributed by atoms with Crippen molar-refractivity contribution in [1.29, 1.82) is 0 Å². The van der Waals surface area contributed by atoms with Gasteiger partial charge in [0.2, 0.25) is 0 Å². The fourth-order valence-corrected chi connectivity index (χ4v) is 6.70. The van der Waals surface area contributed by atoms with Gasteiger partial charge in [-0.25, -0.2) is 0 Å². The van der Waals surface area contributed by atoms with E-state index in [1.54, 1.807) is 0 Å². The van der Waals surface area contributed by atoms with E-state index in [0.717, 1.165) is 77.0 Å². The van der Waals surface area contributed by atoms with Crippen LogP contribution in [0.25, 0.3) is 0 Å². The molecule has 364 valence electrons. The Bertz CT molecular complexity index is 1450. The Labute approximate surface area is 391 Å². The van der Waals surface area contributed by atoms with Crippen molar-refractivity contribution in [1.82, 2.24) is 0 Å². The fraction of sp³-hybridized carbons (Fsp3) is 0.630. The highest BCUT2D eigenvalue weighted by atomic mass is 31.2. The quantitative estimate of drug-likeness (QED) is 0.0195. The number of esters is 2. The van der Waals surface area contributed by atoms with Crippen molar-refractivity contribution in [3.05, 3.63) is 109 Å². The standard InChI is InChI=1S/C54H90NO8P/c1-6-8-10-12-14-16-18-20-22-24-26-27-29-30-32-34-36-38-40-42-44-46-53(56)60-50-52(51-62-64(58,59)61-49-48-55(3,4)5)63-54(57)47-45-43-41-39-37-35-33-31-28-25-23-21-19-17-15-13-11-9-7-2/h9,11,15,17,21-24,27-29,31-32,34-35,37-38,40,52H,6-8,10,12-14,16,18-20,25-26,30,33,36,39,41-51H2,1-5H3/b11-9+,17-15+,23-21+,24-22+,29-27+,31-28+,34-32+,37-35+,40-38+/t52-/m1/s1. The molecule has 0 spiro atoms. The second-order valence-corrected chi connectivity index (χ2v) is 18.5. The van der Waals surface area contributed by atoms with Crippen molar-refractivity contribution < 1.29 is 42.1 Å². The lowest BCUT2D eigenvalue weighted by atomic mass is 10.1. The van der Waals surface area contributed by atoms with Crippen molar-refractivity contribution >= 4 is 19.8 Å². The summed E-state index contributed by atoms with van der Waals surface area (Å²) >= 11 is 0. The number of unbranched alkanes of at least 4 members (excludes halogenated alkanes) is 11. The minimum absolute atomic E-state index is 0.0526. The molecule has 0 bridgehead atoms. The number of quaternary nitrogens is 1. The molecule has 9 nitrogen and oxygen atoms in total. The number of allylic oxidation sites excluding steroid dienone is 18. The molecule has 0 aliphatic carbocycles. The monoisotopic (exact) mass is 912 g/mol. The summed E-state index contributed by atoms with van der Waals surface area (Å²) in [7, 11) is 1.09. The second-order valence-electron chi connectivity index (χ2n) is 17.1. The Morgan fingerprint density at radius 3 is 1.38 bits per heavy atom. The fourth-order valence-electron chi connectivity index (χ4n) is 5.97. The predicted molar refractivity (Wildman–Crippen MR) is 268 cm³/mol.